The Hall–Kier alpha value is -1.52. The lowest BCUT2D eigenvalue weighted by atomic mass is 10.1. The van der Waals surface area contributed by atoms with Crippen molar-refractivity contribution in [3.63, 3.8) is 0 Å². The van der Waals surface area contributed by atoms with Crippen molar-refractivity contribution in [2.75, 3.05) is 5.32 Å². The number of carbonyl (C=O) groups excluding carboxylic acids is 1. The Morgan fingerprint density at radius 3 is 2.53 bits per heavy atom. The van der Waals surface area contributed by atoms with Crippen LogP contribution in [0.15, 0.2) is 46.9 Å². The summed E-state index contributed by atoms with van der Waals surface area (Å²) in [5.41, 5.74) is 7.67. The Morgan fingerprint density at radius 1 is 1.21 bits per heavy atom. The van der Waals surface area contributed by atoms with Crippen molar-refractivity contribution in [1.29, 1.82) is 0 Å². The predicted octanol–water partition coefficient (Wildman–Crippen LogP) is 3.81. The lowest BCUT2D eigenvalue weighted by molar-refractivity contribution is 0.100. The molecule has 0 spiro atoms. The van der Waals surface area contributed by atoms with Crippen LogP contribution in [-0.4, -0.2) is 5.91 Å². The highest BCUT2D eigenvalue weighted by Crippen LogP contribution is 2.30. The number of benzene rings is 2. The number of primary amides is 1. The highest BCUT2D eigenvalue weighted by molar-refractivity contribution is 9.10. The van der Waals surface area contributed by atoms with Gasteiger partial charge in [-0.1, -0.05) is 29.8 Å². The van der Waals surface area contributed by atoms with Crippen LogP contribution in [0.4, 0.5) is 5.69 Å². The summed E-state index contributed by atoms with van der Waals surface area (Å²) in [6.07, 6.45) is 0. The second-order valence-corrected chi connectivity index (χ2v) is 5.22. The number of hydrogen-bond acceptors (Lipinski definition) is 2. The van der Waals surface area contributed by atoms with Crippen LogP contribution in [0.2, 0.25) is 5.02 Å². The molecule has 0 radical (unpaired) electrons. The minimum atomic E-state index is -0.419. The molecule has 2 aromatic rings. The van der Waals surface area contributed by atoms with Gasteiger partial charge in [0, 0.05) is 12.1 Å². The number of halogens is 2. The molecule has 0 saturated heterocycles. The molecule has 19 heavy (non-hydrogen) atoms. The first-order valence-electron chi connectivity index (χ1n) is 5.64. The Labute approximate surface area is 124 Å². The summed E-state index contributed by atoms with van der Waals surface area (Å²) in [4.78, 5) is 11.0. The van der Waals surface area contributed by atoms with E-state index in [1.165, 1.54) is 0 Å². The summed E-state index contributed by atoms with van der Waals surface area (Å²) in [5.74, 6) is -0.419. The molecule has 0 fully saturated rings. The first-order valence-corrected chi connectivity index (χ1v) is 6.81. The van der Waals surface area contributed by atoms with E-state index in [0.29, 0.717) is 17.1 Å². The van der Waals surface area contributed by atoms with E-state index in [1.807, 2.05) is 30.3 Å². The van der Waals surface area contributed by atoms with Gasteiger partial charge >= 0.3 is 0 Å². The lowest BCUT2D eigenvalue weighted by Crippen LogP contribution is -2.10. The third-order valence-electron chi connectivity index (χ3n) is 2.67. The average Bonchev–Trinajstić information content (AvgIpc) is 2.41. The molecule has 3 nitrogen and oxygen atoms in total. The van der Waals surface area contributed by atoms with Crippen LogP contribution < -0.4 is 11.1 Å². The van der Waals surface area contributed by atoms with Gasteiger partial charge in [-0.3, -0.25) is 4.79 Å². The van der Waals surface area contributed by atoms with Gasteiger partial charge in [0.25, 0.3) is 0 Å². The van der Waals surface area contributed by atoms with Gasteiger partial charge in [0.2, 0.25) is 5.91 Å². The van der Waals surface area contributed by atoms with Crippen LogP contribution in [0.3, 0.4) is 0 Å². The zero-order chi connectivity index (χ0) is 13.8. The number of nitrogens with two attached hydrogens (primary N) is 1. The molecule has 2 aromatic carbocycles. The third-order valence-corrected chi connectivity index (χ3v) is 4.07. The highest BCUT2D eigenvalue weighted by Gasteiger charge is 2.04. The van der Waals surface area contributed by atoms with Gasteiger partial charge in [-0.2, -0.15) is 0 Å². The highest BCUT2D eigenvalue weighted by atomic mass is 79.9. The van der Waals surface area contributed by atoms with Crippen molar-refractivity contribution in [2.45, 2.75) is 6.54 Å². The van der Waals surface area contributed by atoms with Gasteiger partial charge in [-0.25, -0.2) is 0 Å². The molecule has 0 aliphatic rings. The molecule has 0 unspecified atom stereocenters. The molecule has 0 aliphatic carbocycles. The van der Waals surface area contributed by atoms with Crippen LogP contribution in [0.1, 0.15) is 15.9 Å². The SMILES string of the molecule is NC(=O)c1ccc(CNc2cccc(Cl)c2Br)cc1. The van der Waals surface area contributed by atoms with Gasteiger partial charge in [0.1, 0.15) is 0 Å². The zero-order valence-corrected chi connectivity index (χ0v) is 12.3. The summed E-state index contributed by atoms with van der Waals surface area (Å²) < 4.78 is 0.838. The van der Waals surface area contributed by atoms with E-state index in [2.05, 4.69) is 21.2 Å². The van der Waals surface area contributed by atoms with Crippen LogP contribution >= 0.6 is 27.5 Å². The van der Waals surface area contributed by atoms with E-state index < -0.39 is 5.91 Å². The van der Waals surface area contributed by atoms with Crippen molar-refractivity contribution < 1.29 is 4.79 Å². The first kappa shape index (κ1) is 13.9. The summed E-state index contributed by atoms with van der Waals surface area (Å²) in [5, 5.41) is 3.93. The fourth-order valence-electron chi connectivity index (χ4n) is 1.62. The van der Waals surface area contributed by atoms with E-state index >= 15 is 0 Å². The smallest absolute Gasteiger partial charge is 0.248 e. The maximum absolute atomic E-state index is 11.0. The first-order chi connectivity index (χ1) is 9.08. The molecule has 5 heteroatoms. The van der Waals surface area contributed by atoms with Crippen molar-refractivity contribution in [3.8, 4) is 0 Å². The lowest BCUT2D eigenvalue weighted by Gasteiger charge is -2.09. The van der Waals surface area contributed by atoms with Gasteiger partial charge < -0.3 is 11.1 Å². The van der Waals surface area contributed by atoms with Crippen LogP contribution in [-0.2, 0) is 6.54 Å². The van der Waals surface area contributed by atoms with Gasteiger partial charge in [0.05, 0.1) is 15.2 Å². The minimum Gasteiger partial charge on any atom is -0.380 e. The van der Waals surface area contributed by atoms with Gasteiger partial charge in [-0.05, 0) is 45.8 Å². The van der Waals surface area contributed by atoms with Gasteiger partial charge in [0.15, 0.2) is 0 Å². The van der Waals surface area contributed by atoms with Crippen molar-refractivity contribution in [2.24, 2.45) is 5.73 Å². The Balaban J connectivity index is 2.06. The molecule has 0 aromatic heterocycles. The van der Waals surface area contributed by atoms with Crippen molar-refractivity contribution in [3.05, 3.63) is 63.1 Å². The molecule has 0 bridgehead atoms. The molecule has 3 N–H and O–H groups in total. The maximum Gasteiger partial charge on any atom is 0.248 e. The summed E-state index contributed by atoms with van der Waals surface area (Å²) >= 11 is 9.44. The van der Waals surface area contributed by atoms with E-state index in [0.717, 1.165) is 15.7 Å². The Morgan fingerprint density at radius 2 is 1.89 bits per heavy atom. The Bertz CT molecular complexity index is 599. The van der Waals surface area contributed by atoms with E-state index in [4.69, 9.17) is 17.3 Å². The topological polar surface area (TPSA) is 55.1 Å². The number of rotatable bonds is 4. The number of nitrogens with one attached hydrogen (secondary N) is 1. The van der Waals surface area contributed by atoms with Crippen LogP contribution in [0, 0.1) is 0 Å². The average molecular weight is 340 g/mol. The maximum atomic E-state index is 11.0. The molecule has 0 atom stereocenters. The largest absolute Gasteiger partial charge is 0.380 e. The third kappa shape index (κ3) is 3.49. The minimum absolute atomic E-state index is 0.419. The fraction of sp³-hybridized carbons (Fsp3) is 0.0714. The molecular formula is C14H12BrClN2O. The van der Waals surface area contributed by atoms with Crippen molar-refractivity contribution in [1.82, 2.24) is 0 Å². The predicted molar refractivity (Wildman–Crippen MR) is 81.4 cm³/mol. The monoisotopic (exact) mass is 338 g/mol. The number of amides is 1. The second-order valence-electron chi connectivity index (χ2n) is 4.02. The van der Waals surface area contributed by atoms with E-state index in [9.17, 15) is 4.79 Å². The summed E-state index contributed by atoms with van der Waals surface area (Å²) in [6, 6.07) is 12.8. The standard InChI is InChI=1S/C14H12BrClN2O/c15-13-11(16)2-1-3-12(13)18-8-9-4-6-10(7-5-9)14(17)19/h1-7,18H,8H2,(H2,17,19). The number of carbonyl (C=O) groups is 1. The molecule has 2 rings (SSSR count). The normalized spacial score (nSPS) is 10.2. The van der Waals surface area contributed by atoms with E-state index in [1.54, 1.807) is 12.1 Å². The Kier molecular flexibility index (Phi) is 4.45. The van der Waals surface area contributed by atoms with Crippen LogP contribution in [0.5, 0.6) is 0 Å². The molecule has 1 amide bonds. The van der Waals surface area contributed by atoms with Gasteiger partial charge in [-0.15, -0.1) is 0 Å². The summed E-state index contributed by atoms with van der Waals surface area (Å²) in [7, 11) is 0. The number of hydrogen-bond donors (Lipinski definition) is 2. The van der Waals surface area contributed by atoms with Crippen molar-refractivity contribution >= 4 is 39.1 Å². The summed E-state index contributed by atoms with van der Waals surface area (Å²) in [6.45, 7) is 0.637. The molecule has 0 heterocycles. The molecule has 98 valence electrons. The molecular weight excluding hydrogens is 328 g/mol. The quantitative estimate of drug-likeness (QED) is 0.890. The van der Waals surface area contributed by atoms with Crippen LogP contribution in [0.25, 0.3) is 0 Å². The fourth-order valence-corrected chi connectivity index (χ4v) is 2.20. The second kappa shape index (κ2) is 6.08. The van der Waals surface area contributed by atoms with E-state index in [-0.39, 0.29) is 0 Å². The number of anilines is 1. The zero-order valence-electron chi connectivity index (χ0n) is 9.99. The molecule has 0 aliphatic heterocycles. The molecule has 0 saturated carbocycles.